The van der Waals surface area contributed by atoms with Crippen molar-refractivity contribution in [3.05, 3.63) is 53.8 Å². The third kappa shape index (κ3) is 4.17. The molecule has 0 saturated heterocycles. The topological polar surface area (TPSA) is 59.6 Å². The van der Waals surface area contributed by atoms with Gasteiger partial charge in [0, 0.05) is 11.8 Å². The van der Waals surface area contributed by atoms with Crippen LogP contribution in [-0.2, 0) is 0 Å². The first kappa shape index (κ1) is 16.7. The number of ether oxygens (including phenoxy) is 2. The van der Waals surface area contributed by atoms with E-state index in [4.69, 9.17) is 21.7 Å². The van der Waals surface area contributed by atoms with Gasteiger partial charge >= 0.3 is 0 Å². The molecule has 2 rings (SSSR count). The number of anilines is 1. The lowest BCUT2D eigenvalue weighted by Gasteiger charge is -2.12. The zero-order valence-corrected chi connectivity index (χ0v) is 13.4. The van der Waals surface area contributed by atoms with Crippen LogP contribution in [0.5, 0.6) is 11.5 Å². The van der Waals surface area contributed by atoms with Gasteiger partial charge in [0.15, 0.2) is 16.6 Å². The van der Waals surface area contributed by atoms with Crippen LogP contribution in [0.4, 0.5) is 10.1 Å². The summed E-state index contributed by atoms with van der Waals surface area (Å²) in [6, 6.07) is 10.7. The highest BCUT2D eigenvalue weighted by atomic mass is 32.1. The molecule has 0 radical (unpaired) electrons. The van der Waals surface area contributed by atoms with Crippen molar-refractivity contribution in [2.45, 2.75) is 0 Å². The summed E-state index contributed by atoms with van der Waals surface area (Å²) in [7, 11) is 3.05. The van der Waals surface area contributed by atoms with Gasteiger partial charge in [0.25, 0.3) is 5.91 Å². The molecular weight excluding hydrogens is 319 g/mol. The van der Waals surface area contributed by atoms with E-state index in [0.717, 1.165) is 0 Å². The molecule has 7 heteroatoms. The lowest BCUT2D eigenvalue weighted by molar-refractivity contribution is 0.0974. The Morgan fingerprint density at radius 1 is 1.09 bits per heavy atom. The number of hydrogen-bond acceptors (Lipinski definition) is 4. The quantitative estimate of drug-likeness (QED) is 0.842. The predicted molar refractivity (Wildman–Crippen MR) is 89.6 cm³/mol. The zero-order chi connectivity index (χ0) is 16.8. The highest BCUT2D eigenvalue weighted by Crippen LogP contribution is 2.29. The van der Waals surface area contributed by atoms with Crippen LogP contribution in [0.2, 0.25) is 0 Å². The van der Waals surface area contributed by atoms with Gasteiger partial charge in [0.05, 0.1) is 19.8 Å². The molecule has 0 fully saturated rings. The number of nitrogens with one attached hydrogen (secondary N) is 2. The van der Waals surface area contributed by atoms with E-state index < -0.39 is 11.7 Å². The molecular formula is C16H15FN2O3S. The summed E-state index contributed by atoms with van der Waals surface area (Å²) in [5.74, 6) is -0.153. The molecule has 0 atom stereocenters. The monoisotopic (exact) mass is 334 g/mol. The first-order valence-electron chi connectivity index (χ1n) is 6.64. The van der Waals surface area contributed by atoms with E-state index in [1.807, 2.05) is 0 Å². The van der Waals surface area contributed by atoms with Gasteiger partial charge in [0.2, 0.25) is 0 Å². The molecule has 120 valence electrons. The van der Waals surface area contributed by atoms with E-state index in [9.17, 15) is 9.18 Å². The maximum Gasteiger partial charge on any atom is 0.260 e. The number of carbonyl (C=O) groups excluding carboxylic acids is 1. The standard InChI is InChI=1S/C16H15FN2O3S/c1-21-13-8-7-10(9-14(13)22-2)18-16(23)19-15(20)11-5-3-4-6-12(11)17/h3-9H,1-2H3,(H2,18,19,20,23). The molecule has 0 heterocycles. The third-order valence-electron chi connectivity index (χ3n) is 2.99. The summed E-state index contributed by atoms with van der Waals surface area (Å²) in [6.45, 7) is 0. The number of rotatable bonds is 4. The van der Waals surface area contributed by atoms with Crippen LogP contribution in [0.25, 0.3) is 0 Å². The summed E-state index contributed by atoms with van der Waals surface area (Å²) >= 11 is 5.06. The molecule has 2 aromatic carbocycles. The van der Waals surface area contributed by atoms with Gasteiger partial charge in [-0.15, -0.1) is 0 Å². The Labute approximate surface area is 138 Å². The summed E-state index contributed by atoms with van der Waals surface area (Å²) in [5.41, 5.74) is 0.519. The Bertz CT molecular complexity index is 737. The fraction of sp³-hybridized carbons (Fsp3) is 0.125. The molecule has 0 aliphatic heterocycles. The van der Waals surface area contributed by atoms with Crippen LogP contribution in [0.3, 0.4) is 0 Å². The molecule has 0 aliphatic carbocycles. The Morgan fingerprint density at radius 3 is 2.43 bits per heavy atom. The molecule has 23 heavy (non-hydrogen) atoms. The molecule has 0 saturated carbocycles. The van der Waals surface area contributed by atoms with Crippen LogP contribution in [0.15, 0.2) is 42.5 Å². The third-order valence-corrected chi connectivity index (χ3v) is 3.19. The molecule has 0 bridgehead atoms. The Hall–Kier alpha value is -2.67. The lowest BCUT2D eigenvalue weighted by atomic mass is 10.2. The van der Waals surface area contributed by atoms with Gasteiger partial charge in [-0.1, -0.05) is 12.1 Å². The van der Waals surface area contributed by atoms with Gasteiger partial charge < -0.3 is 14.8 Å². The molecule has 5 nitrogen and oxygen atoms in total. The van der Waals surface area contributed by atoms with E-state index >= 15 is 0 Å². The maximum absolute atomic E-state index is 13.5. The normalized spacial score (nSPS) is 9.87. The van der Waals surface area contributed by atoms with Gasteiger partial charge in [0.1, 0.15) is 5.82 Å². The number of thiocarbonyl (C=S) groups is 1. The van der Waals surface area contributed by atoms with Crippen molar-refractivity contribution in [3.63, 3.8) is 0 Å². The SMILES string of the molecule is COc1ccc(NC(=S)NC(=O)c2ccccc2F)cc1OC. The zero-order valence-electron chi connectivity index (χ0n) is 12.6. The minimum Gasteiger partial charge on any atom is -0.493 e. The molecule has 0 aromatic heterocycles. The second kappa shape index (κ2) is 7.55. The minimum atomic E-state index is -0.624. The first-order chi connectivity index (χ1) is 11.0. The Balaban J connectivity index is 2.05. The fourth-order valence-corrected chi connectivity index (χ4v) is 2.10. The molecule has 1 amide bonds. The summed E-state index contributed by atoms with van der Waals surface area (Å²) in [6.07, 6.45) is 0. The van der Waals surface area contributed by atoms with E-state index in [2.05, 4.69) is 10.6 Å². The number of amides is 1. The molecule has 2 aromatic rings. The summed E-state index contributed by atoms with van der Waals surface area (Å²) in [4.78, 5) is 12.0. The van der Waals surface area contributed by atoms with Crippen LogP contribution in [-0.4, -0.2) is 25.2 Å². The molecule has 2 N–H and O–H groups in total. The highest BCUT2D eigenvalue weighted by molar-refractivity contribution is 7.80. The average Bonchev–Trinajstić information content (AvgIpc) is 2.54. The second-order valence-corrected chi connectivity index (χ2v) is 4.87. The van der Waals surface area contributed by atoms with Crippen molar-refractivity contribution >= 4 is 28.9 Å². The Morgan fingerprint density at radius 2 is 1.78 bits per heavy atom. The number of benzene rings is 2. The highest BCUT2D eigenvalue weighted by Gasteiger charge is 2.12. The van der Waals surface area contributed by atoms with E-state index in [1.54, 1.807) is 24.3 Å². The average molecular weight is 334 g/mol. The number of methoxy groups -OCH3 is 2. The van der Waals surface area contributed by atoms with Crippen LogP contribution in [0, 0.1) is 5.82 Å². The van der Waals surface area contributed by atoms with Crippen molar-refractivity contribution < 1.29 is 18.7 Å². The first-order valence-corrected chi connectivity index (χ1v) is 7.05. The van der Waals surface area contributed by atoms with Gasteiger partial charge in [-0.2, -0.15) is 0 Å². The molecule has 0 unspecified atom stereocenters. The largest absolute Gasteiger partial charge is 0.493 e. The van der Waals surface area contributed by atoms with Gasteiger partial charge in [-0.25, -0.2) is 4.39 Å². The van der Waals surface area contributed by atoms with Crippen molar-refractivity contribution in [2.24, 2.45) is 0 Å². The summed E-state index contributed by atoms with van der Waals surface area (Å²) in [5, 5.41) is 5.30. The maximum atomic E-state index is 13.5. The molecule has 0 aliphatic rings. The second-order valence-electron chi connectivity index (χ2n) is 4.46. The van der Waals surface area contributed by atoms with E-state index in [-0.39, 0.29) is 10.7 Å². The fourth-order valence-electron chi connectivity index (χ4n) is 1.89. The van der Waals surface area contributed by atoms with Crippen LogP contribution in [0.1, 0.15) is 10.4 Å². The van der Waals surface area contributed by atoms with Gasteiger partial charge in [-0.05, 0) is 36.5 Å². The van der Waals surface area contributed by atoms with E-state index in [1.165, 1.54) is 32.4 Å². The van der Waals surface area contributed by atoms with Crippen molar-refractivity contribution in [3.8, 4) is 11.5 Å². The molecule has 0 spiro atoms. The number of hydrogen-bond donors (Lipinski definition) is 2. The van der Waals surface area contributed by atoms with Crippen molar-refractivity contribution in [2.75, 3.05) is 19.5 Å². The lowest BCUT2D eigenvalue weighted by Crippen LogP contribution is -2.34. The Kier molecular flexibility index (Phi) is 5.48. The predicted octanol–water partition coefficient (Wildman–Crippen LogP) is 2.97. The van der Waals surface area contributed by atoms with Crippen LogP contribution < -0.4 is 20.1 Å². The van der Waals surface area contributed by atoms with Gasteiger partial charge in [-0.3, -0.25) is 10.1 Å². The van der Waals surface area contributed by atoms with Crippen molar-refractivity contribution in [1.82, 2.24) is 5.32 Å². The van der Waals surface area contributed by atoms with E-state index in [0.29, 0.717) is 17.2 Å². The minimum absolute atomic E-state index is 0.0467. The smallest absolute Gasteiger partial charge is 0.260 e. The number of carbonyl (C=O) groups is 1. The van der Waals surface area contributed by atoms with Crippen molar-refractivity contribution in [1.29, 1.82) is 0 Å². The van der Waals surface area contributed by atoms with Crippen LogP contribution >= 0.6 is 12.2 Å². The number of halogens is 1. The summed E-state index contributed by atoms with van der Waals surface area (Å²) < 4.78 is 23.9.